The number of rotatable bonds is 4. The van der Waals surface area contributed by atoms with Crippen LogP contribution in [0, 0.1) is 5.41 Å². The molecular weight excluding hydrogens is 371 g/mol. The van der Waals surface area contributed by atoms with Gasteiger partial charge < -0.3 is 4.90 Å². The van der Waals surface area contributed by atoms with E-state index in [-0.39, 0.29) is 11.7 Å². The molecule has 2 fully saturated rings. The zero-order valence-electron chi connectivity index (χ0n) is 13.4. The Bertz CT molecular complexity index is 731. The molecule has 0 aromatic heterocycles. The average Bonchev–Trinajstić information content (AvgIpc) is 3.07. The van der Waals surface area contributed by atoms with Crippen molar-refractivity contribution in [2.24, 2.45) is 5.41 Å². The van der Waals surface area contributed by atoms with E-state index in [1.54, 1.807) is 24.0 Å². The van der Waals surface area contributed by atoms with E-state index in [4.69, 9.17) is 23.2 Å². The van der Waals surface area contributed by atoms with Crippen molar-refractivity contribution in [1.29, 1.82) is 0 Å². The summed E-state index contributed by atoms with van der Waals surface area (Å²) in [6.45, 7) is 3.09. The lowest BCUT2D eigenvalue weighted by molar-refractivity contribution is -0.137. The van der Waals surface area contributed by atoms with Gasteiger partial charge in [-0.05, 0) is 18.9 Å². The summed E-state index contributed by atoms with van der Waals surface area (Å²) in [5.74, 6) is -0.112. The van der Waals surface area contributed by atoms with E-state index in [1.807, 2.05) is 18.2 Å². The lowest BCUT2D eigenvalue weighted by Gasteiger charge is -2.35. The Morgan fingerprint density at radius 2 is 1.67 bits per heavy atom. The number of nitrogens with zero attached hydrogens (tertiary/aromatic N) is 2. The van der Waals surface area contributed by atoms with Crippen molar-refractivity contribution in [2.75, 3.05) is 26.2 Å². The molecule has 1 atom stereocenters. The standard InChI is InChI=1S/C16H20Cl2N2O3S/c1-15(12-16(15,17)18)14(21)19-7-9-20(10-8-19)24(22,23)11-13-5-3-2-4-6-13/h2-6H,7-12H2,1H3. The van der Waals surface area contributed by atoms with Gasteiger partial charge in [0, 0.05) is 26.2 Å². The number of alkyl halides is 2. The second kappa shape index (κ2) is 6.16. The largest absolute Gasteiger partial charge is 0.339 e. The van der Waals surface area contributed by atoms with Crippen LogP contribution >= 0.6 is 23.2 Å². The molecule has 132 valence electrons. The molecule has 2 aliphatic rings. The van der Waals surface area contributed by atoms with E-state index >= 15 is 0 Å². The zero-order chi connectivity index (χ0) is 17.6. The quantitative estimate of drug-likeness (QED) is 0.740. The molecule has 1 saturated heterocycles. The molecule has 1 aliphatic heterocycles. The second-order valence-corrected chi connectivity index (χ2v) is 10.1. The molecule has 1 aliphatic carbocycles. The van der Waals surface area contributed by atoms with Crippen LogP contribution in [0.25, 0.3) is 0 Å². The predicted molar refractivity (Wildman–Crippen MR) is 94.4 cm³/mol. The van der Waals surface area contributed by atoms with Crippen molar-refractivity contribution in [3.63, 3.8) is 0 Å². The van der Waals surface area contributed by atoms with Gasteiger partial charge in [0.25, 0.3) is 0 Å². The molecular formula is C16H20Cl2N2O3S. The summed E-state index contributed by atoms with van der Waals surface area (Å²) in [6, 6.07) is 9.09. The Morgan fingerprint density at radius 3 is 2.17 bits per heavy atom. The Kier molecular flexibility index (Phi) is 4.62. The van der Waals surface area contributed by atoms with Gasteiger partial charge in [-0.2, -0.15) is 4.31 Å². The van der Waals surface area contributed by atoms with Crippen molar-refractivity contribution in [3.05, 3.63) is 35.9 Å². The topological polar surface area (TPSA) is 57.7 Å². The molecule has 5 nitrogen and oxygen atoms in total. The van der Waals surface area contributed by atoms with Crippen molar-refractivity contribution in [2.45, 2.75) is 23.4 Å². The molecule has 0 radical (unpaired) electrons. The molecule has 0 spiro atoms. The van der Waals surface area contributed by atoms with E-state index < -0.39 is 19.8 Å². The number of benzene rings is 1. The summed E-state index contributed by atoms with van der Waals surface area (Å²) in [5.41, 5.74) is 0.0110. The highest BCUT2D eigenvalue weighted by Crippen LogP contribution is 2.64. The highest BCUT2D eigenvalue weighted by atomic mass is 35.5. The third kappa shape index (κ3) is 3.29. The average molecular weight is 391 g/mol. The van der Waals surface area contributed by atoms with Crippen LogP contribution in [-0.2, 0) is 20.6 Å². The Balaban J connectivity index is 1.60. The predicted octanol–water partition coefficient (Wildman–Crippen LogP) is 2.24. The van der Waals surface area contributed by atoms with Gasteiger partial charge in [-0.15, -0.1) is 23.2 Å². The van der Waals surface area contributed by atoms with Crippen LogP contribution in [0.1, 0.15) is 18.9 Å². The second-order valence-electron chi connectivity index (χ2n) is 6.65. The Hall–Kier alpha value is -0.820. The lowest BCUT2D eigenvalue weighted by Crippen LogP contribution is -2.52. The van der Waals surface area contributed by atoms with Gasteiger partial charge in [-0.1, -0.05) is 30.3 Å². The molecule has 1 saturated carbocycles. The van der Waals surface area contributed by atoms with E-state index in [1.165, 1.54) is 4.31 Å². The van der Waals surface area contributed by atoms with E-state index in [0.29, 0.717) is 32.6 Å². The fraction of sp³-hybridized carbons (Fsp3) is 0.562. The van der Waals surface area contributed by atoms with Crippen LogP contribution < -0.4 is 0 Å². The fourth-order valence-corrected chi connectivity index (χ4v) is 5.24. The van der Waals surface area contributed by atoms with Crippen molar-refractivity contribution >= 4 is 39.1 Å². The van der Waals surface area contributed by atoms with Gasteiger partial charge in [0.15, 0.2) is 0 Å². The fourth-order valence-electron chi connectivity index (χ4n) is 3.03. The third-order valence-corrected chi connectivity index (χ3v) is 7.79. The van der Waals surface area contributed by atoms with Crippen LogP contribution in [0.3, 0.4) is 0 Å². The summed E-state index contributed by atoms with van der Waals surface area (Å²) in [6.07, 6.45) is 0.439. The molecule has 1 amide bonds. The van der Waals surface area contributed by atoms with Gasteiger partial charge in [0.1, 0.15) is 4.33 Å². The summed E-state index contributed by atoms with van der Waals surface area (Å²) < 4.78 is 25.5. The Morgan fingerprint density at radius 1 is 1.12 bits per heavy atom. The number of carbonyl (C=O) groups excluding carboxylic acids is 1. The maximum Gasteiger partial charge on any atom is 0.231 e. The first-order valence-electron chi connectivity index (χ1n) is 7.85. The smallest absolute Gasteiger partial charge is 0.231 e. The van der Waals surface area contributed by atoms with Gasteiger partial charge in [-0.25, -0.2) is 8.42 Å². The molecule has 8 heteroatoms. The zero-order valence-corrected chi connectivity index (χ0v) is 15.7. The summed E-state index contributed by atoms with van der Waals surface area (Å²) in [7, 11) is -3.38. The SMILES string of the molecule is CC1(C(=O)N2CCN(S(=O)(=O)Cc3ccccc3)CC2)CC1(Cl)Cl. The normalized spacial score (nSPS) is 27.0. The minimum atomic E-state index is -3.38. The molecule has 0 bridgehead atoms. The van der Waals surface area contributed by atoms with Crippen molar-refractivity contribution in [1.82, 2.24) is 9.21 Å². The number of carbonyl (C=O) groups is 1. The van der Waals surface area contributed by atoms with Gasteiger partial charge in [0.2, 0.25) is 15.9 Å². The molecule has 24 heavy (non-hydrogen) atoms. The van der Waals surface area contributed by atoms with Crippen molar-refractivity contribution in [3.8, 4) is 0 Å². The third-order valence-electron chi connectivity index (χ3n) is 4.84. The molecule has 0 N–H and O–H groups in total. The first-order valence-corrected chi connectivity index (χ1v) is 10.2. The highest BCUT2D eigenvalue weighted by Gasteiger charge is 2.68. The lowest BCUT2D eigenvalue weighted by atomic mass is 10.1. The Labute approximate surface area is 152 Å². The molecule has 1 heterocycles. The number of halogens is 2. The minimum absolute atomic E-state index is 0.0219. The minimum Gasteiger partial charge on any atom is -0.339 e. The van der Waals surface area contributed by atoms with Crippen LogP contribution in [0.5, 0.6) is 0 Å². The summed E-state index contributed by atoms with van der Waals surface area (Å²) in [5, 5.41) is 0. The van der Waals surface area contributed by atoms with Gasteiger partial charge in [0.05, 0.1) is 11.2 Å². The summed E-state index contributed by atoms with van der Waals surface area (Å²) in [4.78, 5) is 14.2. The van der Waals surface area contributed by atoms with E-state index in [0.717, 1.165) is 5.56 Å². The van der Waals surface area contributed by atoms with Gasteiger partial charge in [-0.3, -0.25) is 4.79 Å². The van der Waals surface area contributed by atoms with Crippen molar-refractivity contribution < 1.29 is 13.2 Å². The maximum atomic E-state index is 12.5. The molecule has 1 aromatic carbocycles. The number of amides is 1. The van der Waals surface area contributed by atoms with Crippen LogP contribution in [0.4, 0.5) is 0 Å². The first-order chi connectivity index (χ1) is 11.2. The van der Waals surface area contributed by atoms with Crippen LogP contribution in [0.15, 0.2) is 30.3 Å². The first kappa shape index (κ1) is 18.0. The monoisotopic (exact) mass is 390 g/mol. The maximum absolute atomic E-state index is 12.5. The van der Waals surface area contributed by atoms with Gasteiger partial charge >= 0.3 is 0 Å². The number of hydrogen-bond donors (Lipinski definition) is 0. The number of piperazine rings is 1. The van der Waals surface area contributed by atoms with E-state index in [9.17, 15) is 13.2 Å². The molecule has 3 rings (SSSR count). The summed E-state index contributed by atoms with van der Waals surface area (Å²) >= 11 is 12.1. The van der Waals surface area contributed by atoms with Crippen LogP contribution in [-0.4, -0.2) is 54.0 Å². The molecule has 1 aromatic rings. The van der Waals surface area contributed by atoms with E-state index in [2.05, 4.69) is 0 Å². The molecule has 1 unspecified atom stereocenters. The number of hydrogen-bond acceptors (Lipinski definition) is 3. The highest BCUT2D eigenvalue weighted by molar-refractivity contribution is 7.88. The van der Waals surface area contributed by atoms with Crippen LogP contribution in [0.2, 0.25) is 0 Å². The number of sulfonamides is 1.